The van der Waals surface area contributed by atoms with E-state index in [0.29, 0.717) is 5.16 Å². The molecule has 0 spiro atoms. The number of rotatable bonds is 3. The average Bonchev–Trinajstić information content (AvgIpc) is 2.41. The summed E-state index contributed by atoms with van der Waals surface area (Å²) in [5.41, 5.74) is 0.424. The van der Waals surface area contributed by atoms with E-state index in [1.807, 2.05) is 6.26 Å². The Kier molecular flexibility index (Phi) is 3.88. The summed E-state index contributed by atoms with van der Waals surface area (Å²) in [6.07, 6.45) is 4.67. The van der Waals surface area contributed by atoms with Crippen LogP contribution in [0.4, 0.5) is 10.1 Å². The van der Waals surface area contributed by atoms with Gasteiger partial charge in [-0.25, -0.2) is 14.4 Å². The Morgan fingerprint density at radius 3 is 2.56 bits per heavy atom. The van der Waals surface area contributed by atoms with Crippen LogP contribution in [0, 0.1) is 5.82 Å². The van der Waals surface area contributed by atoms with Gasteiger partial charge in [0.1, 0.15) is 5.82 Å². The molecule has 0 fully saturated rings. The van der Waals surface area contributed by atoms with E-state index in [1.165, 1.54) is 36.3 Å². The van der Waals surface area contributed by atoms with Gasteiger partial charge < -0.3 is 5.32 Å². The highest BCUT2D eigenvalue weighted by molar-refractivity contribution is 7.98. The number of hydrogen-bond acceptors (Lipinski definition) is 4. The van der Waals surface area contributed by atoms with E-state index in [1.54, 1.807) is 12.1 Å². The third kappa shape index (κ3) is 2.84. The highest BCUT2D eigenvalue weighted by Crippen LogP contribution is 2.14. The second-order valence-corrected chi connectivity index (χ2v) is 4.17. The summed E-state index contributed by atoms with van der Waals surface area (Å²) in [5.74, 6) is -0.916. The van der Waals surface area contributed by atoms with Gasteiger partial charge in [0.2, 0.25) is 0 Å². The van der Waals surface area contributed by atoms with Crippen molar-refractivity contribution in [3.8, 4) is 0 Å². The van der Waals surface area contributed by atoms with Crippen LogP contribution in [0.5, 0.6) is 0 Å². The lowest BCUT2D eigenvalue weighted by molar-refractivity contribution is 0.102. The van der Waals surface area contributed by atoms with Gasteiger partial charge in [0.15, 0.2) is 5.16 Å². The lowest BCUT2D eigenvalue weighted by Crippen LogP contribution is -2.13. The molecule has 0 atom stereocenters. The zero-order valence-electron chi connectivity index (χ0n) is 9.55. The first-order valence-corrected chi connectivity index (χ1v) is 6.35. The molecule has 4 nitrogen and oxygen atoms in total. The summed E-state index contributed by atoms with van der Waals surface area (Å²) in [4.78, 5) is 19.8. The van der Waals surface area contributed by atoms with Crippen LogP contribution in [0.25, 0.3) is 0 Å². The minimum atomic E-state index is -0.479. The highest BCUT2D eigenvalue weighted by Gasteiger charge is 2.09. The third-order valence-electron chi connectivity index (χ3n) is 2.19. The molecule has 0 radical (unpaired) electrons. The normalized spacial score (nSPS) is 10.1. The first kappa shape index (κ1) is 12.5. The number of carbonyl (C=O) groups excluding carboxylic acids is 1. The van der Waals surface area contributed by atoms with Gasteiger partial charge in [0, 0.05) is 12.4 Å². The SMILES string of the molecule is CSc1ncc(C(=O)Nc2ccccc2F)cn1. The number of thioether (sulfide) groups is 1. The number of carbonyl (C=O) groups is 1. The van der Waals surface area contributed by atoms with Crippen molar-refractivity contribution in [3.05, 3.63) is 48.0 Å². The van der Waals surface area contributed by atoms with E-state index in [2.05, 4.69) is 15.3 Å². The molecule has 0 bridgehead atoms. The van der Waals surface area contributed by atoms with Crippen molar-refractivity contribution < 1.29 is 9.18 Å². The molecule has 1 aromatic carbocycles. The molecule has 0 aliphatic heterocycles. The molecule has 0 aliphatic carbocycles. The second-order valence-electron chi connectivity index (χ2n) is 3.39. The maximum absolute atomic E-state index is 13.3. The molecule has 2 aromatic rings. The maximum Gasteiger partial charge on any atom is 0.258 e. The zero-order chi connectivity index (χ0) is 13.0. The van der Waals surface area contributed by atoms with E-state index in [0.717, 1.165) is 0 Å². The standard InChI is InChI=1S/C12H10FN3OS/c1-18-12-14-6-8(7-15-12)11(17)16-10-5-3-2-4-9(10)13/h2-7H,1H3,(H,16,17). The van der Waals surface area contributed by atoms with Crippen LogP contribution < -0.4 is 5.32 Å². The summed E-state index contributed by atoms with van der Waals surface area (Å²) in [6, 6.07) is 5.97. The number of para-hydroxylation sites is 1. The van der Waals surface area contributed by atoms with Crippen LogP contribution in [-0.4, -0.2) is 22.1 Å². The van der Waals surface area contributed by atoms with Crippen molar-refractivity contribution in [2.24, 2.45) is 0 Å². The van der Waals surface area contributed by atoms with Crippen molar-refractivity contribution in [1.29, 1.82) is 0 Å². The van der Waals surface area contributed by atoms with Crippen LogP contribution in [0.15, 0.2) is 41.8 Å². The molecule has 0 aliphatic rings. The molecular formula is C12H10FN3OS. The molecule has 1 heterocycles. The van der Waals surface area contributed by atoms with Gasteiger partial charge in [-0.2, -0.15) is 0 Å². The summed E-state index contributed by atoms with van der Waals surface area (Å²) in [7, 11) is 0. The van der Waals surface area contributed by atoms with E-state index in [4.69, 9.17) is 0 Å². The number of hydrogen-bond donors (Lipinski definition) is 1. The van der Waals surface area contributed by atoms with Crippen molar-refractivity contribution in [1.82, 2.24) is 9.97 Å². The van der Waals surface area contributed by atoms with Crippen LogP contribution in [0.3, 0.4) is 0 Å². The quantitative estimate of drug-likeness (QED) is 0.683. The van der Waals surface area contributed by atoms with Crippen LogP contribution in [0.1, 0.15) is 10.4 Å². The summed E-state index contributed by atoms with van der Waals surface area (Å²) in [5, 5.41) is 3.04. The number of anilines is 1. The fourth-order valence-electron chi connectivity index (χ4n) is 1.30. The van der Waals surface area contributed by atoms with E-state index in [9.17, 15) is 9.18 Å². The van der Waals surface area contributed by atoms with Crippen LogP contribution >= 0.6 is 11.8 Å². The topological polar surface area (TPSA) is 54.9 Å². The Morgan fingerprint density at radius 2 is 1.94 bits per heavy atom. The first-order chi connectivity index (χ1) is 8.70. The Bertz CT molecular complexity index is 560. The summed E-state index contributed by atoms with van der Waals surface area (Å²) >= 11 is 1.38. The minimum Gasteiger partial charge on any atom is -0.319 e. The zero-order valence-corrected chi connectivity index (χ0v) is 10.4. The highest BCUT2D eigenvalue weighted by atomic mass is 32.2. The number of halogens is 1. The van der Waals surface area contributed by atoms with Gasteiger partial charge in [-0.1, -0.05) is 23.9 Å². The van der Waals surface area contributed by atoms with Gasteiger partial charge in [-0.3, -0.25) is 4.79 Å². The first-order valence-electron chi connectivity index (χ1n) is 5.12. The molecule has 1 aromatic heterocycles. The number of nitrogens with one attached hydrogen (secondary N) is 1. The minimum absolute atomic E-state index is 0.136. The Morgan fingerprint density at radius 1 is 1.28 bits per heavy atom. The van der Waals surface area contributed by atoms with Crippen molar-refractivity contribution in [2.75, 3.05) is 11.6 Å². The largest absolute Gasteiger partial charge is 0.319 e. The smallest absolute Gasteiger partial charge is 0.258 e. The van der Waals surface area contributed by atoms with Crippen molar-refractivity contribution in [3.63, 3.8) is 0 Å². The number of nitrogens with zero attached hydrogens (tertiary/aromatic N) is 2. The van der Waals surface area contributed by atoms with Crippen LogP contribution in [0.2, 0.25) is 0 Å². The molecule has 18 heavy (non-hydrogen) atoms. The number of benzene rings is 1. The van der Waals surface area contributed by atoms with Gasteiger partial charge in [-0.05, 0) is 18.4 Å². The fourth-order valence-corrected chi connectivity index (χ4v) is 1.61. The van der Waals surface area contributed by atoms with Gasteiger partial charge in [0.25, 0.3) is 5.91 Å². The van der Waals surface area contributed by atoms with Gasteiger partial charge in [-0.15, -0.1) is 0 Å². The monoisotopic (exact) mass is 263 g/mol. The molecular weight excluding hydrogens is 253 g/mol. The Hall–Kier alpha value is -1.95. The molecule has 0 saturated carbocycles. The predicted molar refractivity (Wildman–Crippen MR) is 68.2 cm³/mol. The molecule has 92 valence electrons. The number of amides is 1. The van der Waals surface area contributed by atoms with E-state index in [-0.39, 0.29) is 11.3 Å². The van der Waals surface area contributed by atoms with Crippen molar-refractivity contribution >= 4 is 23.4 Å². The lowest BCUT2D eigenvalue weighted by atomic mass is 10.2. The number of aromatic nitrogens is 2. The van der Waals surface area contributed by atoms with Gasteiger partial charge in [0.05, 0.1) is 11.3 Å². The third-order valence-corrected chi connectivity index (χ3v) is 2.77. The molecule has 0 saturated heterocycles. The molecule has 6 heteroatoms. The summed E-state index contributed by atoms with van der Waals surface area (Å²) in [6.45, 7) is 0. The van der Waals surface area contributed by atoms with E-state index >= 15 is 0 Å². The maximum atomic E-state index is 13.3. The van der Waals surface area contributed by atoms with E-state index < -0.39 is 11.7 Å². The molecule has 0 unspecified atom stereocenters. The summed E-state index contributed by atoms with van der Waals surface area (Å²) < 4.78 is 13.3. The predicted octanol–water partition coefficient (Wildman–Crippen LogP) is 2.59. The molecule has 2 rings (SSSR count). The lowest BCUT2D eigenvalue weighted by Gasteiger charge is -2.05. The molecule has 1 N–H and O–H groups in total. The molecule has 1 amide bonds. The Balaban J connectivity index is 2.14. The second kappa shape index (κ2) is 5.59. The van der Waals surface area contributed by atoms with Gasteiger partial charge >= 0.3 is 0 Å². The van der Waals surface area contributed by atoms with Crippen molar-refractivity contribution in [2.45, 2.75) is 5.16 Å². The van der Waals surface area contributed by atoms with Crippen LogP contribution in [-0.2, 0) is 0 Å². The fraction of sp³-hybridized carbons (Fsp3) is 0.0833. The average molecular weight is 263 g/mol. The Labute approximate surface area is 108 Å².